The van der Waals surface area contributed by atoms with Gasteiger partial charge in [-0.05, 0) is 38.1 Å². The van der Waals surface area contributed by atoms with Gasteiger partial charge in [0.05, 0.1) is 19.9 Å². The normalized spacial score (nSPS) is 16.2. The number of rotatable bonds is 6. The topological polar surface area (TPSA) is 88.2 Å². The lowest BCUT2D eigenvalue weighted by Gasteiger charge is -2.19. The van der Waals surface area contributed by atoms with Crippen molar-refractivity contribution in [3.05, 3.63) is 48.0 Å². The molecular formula is C21H23N3O5. The van der Waals surface area contributed by atoms with Crippen molar-refractivity contribution in [3.63, 3.8) is 0 Å². The molecule has 0 radical (unpaired) electrons. The number of carbonyl (C=O) groups excluding carboxylic acids is 3. The van der Waals surface area contributed by atoms with Gasteiger partial charge in [0, 0.05) is 11.8 Å². The first-order valence-corrected chi connectivity index (χ1v) is 9.08. The summed E-state index contributed by atoms with van der Waals surface area (Å²) in [5.41, 5.74) is 2.04. The van der Waals surface area contributed by atoms with Gasteiger partial charge in [-0.2, -0.15) is 0 Å². The number of amides is 4. The first-order valence-electron chi connectivity index (χ1n) is 9.08. The third-order valence-electron chi connectivity index (χ3n) is 4.74. The Kier molecular flexibility index (Phi) is 5.72. The molecule has 1 aliphatic heterocycles. The molecule has 0 spiro atoms. The van der Waals surface area contributed by atoms with Crippen molar-refractivity contribution in [3.8, 4) is 11.5 Å². The summed E-state index contributed by atoms with van der Waals surface area (Å²) in [6.07, 6.45) is 0. The number of hydrogen-bond acceptors (Lipinski definition) is 5. The molecule has 8 heteroatoms. The van der Waals surface area contributed by atoms with Gasteiger partial charge in [0.15, 0.2) is 0 Å². The lowest BCUT2D eigenvalue weighted by molar-refractivity contribution is -0.130. The number of nitrogens with one attached hydrogen (secondary N) is 1. The summed E-state index contributed by atoms with van der Waals surface area (Å²) >= 11 is 0. The molecule has 2 aromatic carbocycles. The minimum atomic E-state index is -0.690. The number of imide groups is 1. The molecule has 0 bridgehead atoms. The highest BCUT2D eigenvalue weighted by Gasteiger charge is 2.44. The van der Waals surface area contributed by atoms with Crippen LogP contribution in [-0.2, 0) is 9.59 Å². The Labute approximate surface area is 169 Å². The molecule has 1 N–H and O–H groups in total. The van der Waals surface area contributed by atoms with Crippen molar-refractivity contribution in [1.82, 2.24) is 4.90 Å². The van der Waals surface area contributed by atoms with Crippen LogP contribution in [0.5, 0.6) is 11.5 Å². The lowest BCUT2D eigenvalue weighted by Crippen LogP contribution is -2.39. The van der Waals surface area contributed by atoms with Crippen LogP contribution in [0.4, 0.5) is 16.2 Å². The van der Waals surface area contributed by atoms with Crippen LogP contribution in [0.25, 0.3) is 0 Å². The van der Waals surface area contributed by atoms with Gasteiger partial charge in [-0.25, -0.2) is 4.79 Å². The van der Waals surface area contributed by atoms with E-state index in [0.717, 1.165) is 10.5 Å². The largest absolute Gasteiger partial charge is 0.497 e. The molecule has 8 nitrogen and oxygen atoms in total. The Bertz CT molecular complexity index is 942. The second kappa shape index (κ2) is 8.22. The van der Waals surface area contributed by atoms with E-state index in [2.05, 4.69) is 5.32 Å². The van der Waals surface area contributed by atoms with Gasteiger partial charge in [0.1, 0.15) is 24.1 Å². The molecule has 0 unspecified atom stereocenters. The molecule has 4 amide bonds. The number of ether oxygens (including phenoxy) is 2. The number of urea groups is 1. The summed E-state index contributed by atoms with van der Waals surface area (Å²) in [6.45, 7) is 3.18. The Morgan fingerprint density at radius 1 is 1.07 bits per heavy atom. The SMILES string of the molecule is COc1ccc(OC)c(NC(=O)CN2C(=O)[C@@H](C)N(c3ccc(C)cc3)C2=O)c1. The van der Waals surface area contributed by atoms with Crippen LogP contribution in [0.15, 0.2) is 42.5 Å². The standard InChI is InChI=1S/C21H23N3O5/c1-13-5-7-15(8-6-13)24-14(2)20(26)23(21(24)27)12-19(25)22-17-11-16(28-3)9-10-18(17)29-4/h5-11,14H,12H2,1-4H3,(H,22,25)/t14-/m1/s1. The summed E-state index contributed by atoms with van der Waals surface area (Å²) in [4.78, 5) is 40.3. The highest BCUT2D eigenvalue weighted by Crippen LogP contribution is 2.29. The van der Waals surface area contributed by atoms with E-state index in [1.807, 2.05) is 19.1 Å². The van der Waals surface area contributed by atoms with Gasteiger partial charge in [-0.1, -0.05) is 17.7 Å². The quantitative estimate of drug-likeness (QED) is 0.758. The van der Waals surface area contributed by atoms with Crippen LogP contribution in [0.2, 0.25) is 0 Å². The van der Waals surface area contributed by atoms with E-state index >= 15 is 0 Å². The average molecular weight is 397 g/mol. The molecule has 1 heterocycles. The van der Waals surface area contributed by atoms with Gasteiger partial charge in [-0.15, -0.1) is 0 Å². The second-order valence-electron chi connectivity index (χ2n) is 6.70. The van der Waals surface area contributed by atoms with Crippen LogP contribution >= 0.6 is 0 Å². The van der Waals surface area contributed by atoms with Crippen LogP contribution in [0.3, 0.4) is 0 Å². The maximum absolute atomic E-state index is 12.8. The number of nitrogens with zero attached hydrogens (tertiary/aromatic N) is 2. The Hall–Kier alpha value is -3.55. The van der Waals surface area contributed by atoms with E-state index in [-0.39, 0.29) is 0 Å². The molecule has 0 saturated carbocycles. The predicted molar refractivity (Wildman–Crippen MR) is 108 cm³/mol. The minimum absolute atomic E-state index is 0.388. The summed E-state index contributed by atoms with van der Waals surface area (Å²) in [6, 6.07) is 11.0. The molecule has 0 aliphatic carbocycles. The maximum Gasteiger partial charge on any atom is 0.332 e. The smallest absolute Gasteiger partial charge is 0.332 e. The fraction of sp³-hybridized carbons (Fsp3) is 0.286. The van der Waals surface area contributed by atoms with Crippen molar-refractivity contribution >= 4 is 29.2 Å². The van der Waals surface area contributed by atoms with E-state index in [1.54, 1.807) is 37.3 Å². The summed E-state index contributed by atoms with van der Waals surface area (Å²) in [5.74, 6) is 0.0287. The van der Waals surface area contributed by atoms with Crippen molar-refractivity contribution in [2.45, 2.75) is 19.9 Å². The van der Waals surface area contributed by atoms with Crippen molar-refractivity contribution in [1.29, 1.82) is 0 Å². The fourth-order valence-corrected chi connectivity index (χ4v) is 3.16. The summed E-state index contributed by atoms with van der Waals surface area (Å²) in [7, 11) is 2.99. The number of carbonyl (C=O) groups is 3. The van der Waals surface area contributed by atoms with Crippen LogP contribution in [-0.4, -0.2) is 49.6 Å². The Morgan fingerprint density at radius 2 is 1.76 bits per heavy atom. The fourth-order valence-electron chi connectivity index (χ4n) is 3.16. The van der Waals surface area contributed by atoms with Gasteiger partial charge in [0.2, 0.25) is 5.91 Å². The molecule has 0 aromatic heterocycles. The molecule has 2 aromatic rings. The van der Waals surface area contributed by atoms with Gasteiger partial charge in [-0.3, -0.25) is 19.4 Å². The highest BCUT2D eigenvalue weighted by molar-refractivity contribution is 6.16. The zero-order valence-corrected chi connectivity index (χ0v) is 16.8. The monoisotopic (exact) mass is 397 g/mol. The zero-order chi connectivity index (χ0) is 21.1. The van der Waals surface area contributed by atoms with Gasteiger partial charge in [0.25, 0.3) is 5.91 Å². The number of hydrogen-bond donors (Lipinski definition) is 1. The lowest BCUT2D eigenvalue weighted by atomic mass is 10.2. The van der Waals surface area contributed by atoms with E-state index in [4.69, 9.17) is 9.47 Å². The summed E-state index contributed by atoms with van der Waals surface area (Å²) in [5, 5.41) is 2.67. The van der Waals surface area contributed by atoms with Crippen molar-refractivity contribution in [2.75, 3.05) is 31.0 Å². The van der Waals surface area contributed by atoms with E-state index in [9.17, 15) is 14.4 Å². The first kappa shape index (κ1) is 20.2. The van der Waals surface area contributed by atoms with Crippen LogP contribution in [0, 0.1) is 6.92 Å². The van der Waals surface area contributed by atoms with Crippen molar-refractivity contribution in [2.24, 2.45) is 0 Å². The summed E-state index contributed by atoms with van der Waals surface area (Å²) < 4.78 is 10.4. The Morgan fingerprint density at radius 3 is 2.38 bits per heavy atom. The molecule has 3 rings (SSSR count). The molecule has 1 fully saturated rings. The molecule has 1 aliphatic rings. The van der Waals surface area contributed by atoms with Crippen LogP contribution in [0.1, 0.15) is 12.5 Å². The maximum atomic E-state index is 12.8. The number of benzene rings is 2. The average Bonchev–Trinajstić information content (AvgIpc) is 2.92. The third kappa shape index (κ3) is 4.01. The molecule has 29 heavy (non-hydrogen) atoms. The van der Waals surface area contributed by atoms with Gasteiger partial charge < -0.3 is 14.8 Å². The molecule has 152 valence electrons. The predicted octanol–water partition coefficient (Wildman–Crippen LogP) is 2.81. The van der Waals surface area contributed by atoms with E-state index < -0.39 is 30.4 Å². The highest BCUT2D eigenvalue weighted by atomic mass is 16.5. The van der Waals surface area contributed by atoms with Crippen LogP contribution < -0.4 is 19.7 Å². The number of aryl methyl sites for hydroxylation is 1. The first-order chi connectivity index (χ1) is 13.8. The second-order valence-corrected chi connectivity index (χ2v) is 6.70. The Balaban J connectivity index is 1.76. The molecular weight excluding hydrogens is 374 g/mol. The third-order valence-corrected chi connectivity index (χ3v) is 4.74. The van der Waals surface area contributed by atoms with E-state index in [0.29, 0.717) is 22.9 Å². The number of anilines is 2. The van der Waals surface area contributed by atoms with Crippen molar-refractivity contribution < 1.29 is 23.9 Å². The number of methoxy groups -OCH3 is 2. The molecule has 1 saturated heterocycles. The van der Waals surface area contributed by atoms with Gasteiger partial charge >= 0.3 is 6.03 Å². The zero-order valence-electron chi connectivity index (χ0n) is 16.8. The molecule has 1 atom stereocenters. The van der Waals surface area contributed by atoms with E-state index in [1.165, 1.54) is 19.1 Å². The minimum Gasteiger partial charge on any atom is -0.497 e.